The standard InChI is InChI=1S/C18H18Cl2N2O2/c1-18(2,17(24)22-15-5-3-4-14(20)10-15)16(23)21-11-12-6-8-13(19)9-7-12/h3-10H,11H2,1-2H3,(H,21,23)(H,22,24). The van der Waals surface area contributed by atoms with E-state index in [1.807, 2.05) is 12.1 Å². The first-order valence-corrected chi connectivity index (χ1v) is 8.14. The molecule has 0 unspecified atom stereocenters. The van der Waals surface area contributed by atoms with Crippen molar-refractivity contribution in [3.8, 4) is 0 Å². The second-order valence-electron chi connectivity index (χ2n) is 5.90. The van der Waals surface area contributed by atoms with Crippen LogP contribution in [-0.4, -0.2) is 11.8 Å². The summed E-state index contributed by atoms with van der Waals surface area (Å²) in [6.07, 6.45) is 0. The highest BCUT2D eigenvalue weighted by Crippen LogP contribution is 2.21. The molecule has 0 aliphatic carbocycles. The third-order valence-corrected chi connectivity index (χ3v) is 4.07. The van der Waals surface area contributed by atoms with E-state index in [0.717, 1.165) is 5.56 Å². The Balaban J connectivity index is 1.98. The number of hydrogen-bond acceptors (Lipinski definition) is 2. The summed E-state index contributed by atoms with van der Waals surface area (Å²) in [5, 5.41) is 6.62. The molecular weight excluding hydrogens is 347 g/mol. The van der Waals surface area contributed by atoms with Crippen LogP contribution < -0.4 is 10.6 Å². The lowest BCUT2D eigenvalue weighted by molar-refractivity contribution is -0.138. The van der Waals surface area contributed by atoms with Gasteiger partial charge in [-0.25, -0.2) is 0 Å². The van der Waals surface area contributed by atoms with Crippen molar-refractivity contribution in [2.24, 2.45) is 5.41 Å². The lowest BCUT2D eigenvalue weighted by Crippen LogP contribution is -2.44. The van der Waals surface area contributed by atoms with E-state index in [0.29, 0.717) is 22.3 Å². The topological polar surface area (TPSA) is 58.2 Å². The maximum Gasteiger partial charge on any atom is 0.239 e. The average molecular weight is 365 g/mol. The Bertz CT molecular complexity index is 743. The minimum atomic E-state index is -1.23. The number of carbonyl (C=O) groups is 2. The van der Waals surface area contributed by atoms with E-state index >= 15 is 0 Å². The van der Waals surface area contributed by atoms with Crippen molar-refractivity contribution in [3.63, 3.8) is 0 Å². The Kier molecular flexibility index (Phi) is 5.86. The zero-order valence-corrected chi connectivity index (χ0v) is 14.9. The maximum absolute atomic E-state index is 12.4. The lowest BCUT2D eigenvalue weighted by atomic mass is 9.91. The highest BCUT2D eigenvalue weighted by Gasteiger charge is 2.35. The fourth-order valence-electron chi connectivity index (χ4n) is 1.96. The van der Waals surface area contributed by atoms with Crippen molar-refractivity contribution >= 4 is 40.7 Å². The highest BCUT2D eigenvalue weighted by atomic mass is 35.5. The summed E-state index contributed by atoms with van der Waals surface area (Å²) in [7, 11) is 0. The largest absolute Gasteiger partial charge is 0.351 e. The summed E-state index contributed by atoms with van der Waals surface area (Å²) in [6, 6.07) is 13.9. The van der Waals surface area contributed by atoms with Gasteiger partial charge in [-0.15, -0.1) is 0 Å². The van der Waals surface area contributed by atoms with Crippen molar-refractivity contribution in [2.45, 2.75) is 20.4 Å². The van der Waals surface area contributed by atoms with Gasteiger partial charge in [0.2, 0.25) is 11.8 Å². The summed E-state index contributed by atoms with van der Waals surface area (Å²) in [5.41, 5.74) is 0.222. The van der Waals surface area contributed by atoms with Gasteiger partial charge in [-0.3, -0.25) is 9.59 Å². The van der Waals surface area contributed by atoms with Gasteiger partial charge in [-0.05, 0) is 49.7 Å². The molecule has 0 heterocycles. The number of carbonyl (C=O) groups excluding carboxylic acids is 2. The molecule has 24 heavy (non-hydrogen) atoms. The van der Waals surface area contributed by atoms with E-state index in [-0.39, 0.29) is 5.91 Å². The van der Waals surface area contributed by atoms with Crippen LogP contribution in [0.2, 0.25) is 10.0 Å². The molecule has 2 aromatic carbocycles. The number of amides is 2. The second-order valence-corrected chi connectivity index (χ2v) is 6.77. The molecule has 6 heteroatoms. The molecule has 0 bridgehead atoms. The summed E-state index contributed by atoms with van der Waals surface area (Å²) in [5.74, 6) is -0.768. The van der Waals surface area contributed by atoms with Crippen molar-refractivity contribution in [2.75, 3.05) is 5.32 Å². The van der Waals surface area contributed by atoms with Crippen molar-refractivity contribution in [1.29, 1.82) is 0 Å². The number of anilines is 1. The molecule has 2 amide bonds. The van der Waals surface area contributed by atoms with Crippen LogP contribution in [-0.2, 0) is 16.1 Å². The predicted octanol–water partition coefficient (Wildman–Crippen LogP) is 4.27. The molecule has 126 valence electrons. The van der Waals surface area contributed by atoms with E-state index in [9.17, 15) is 9.59 Å². The Morgan fingerprint density at radius 1 is 0.958 bits per heavy atom. The highest BCUT2D eigenvalue weighted by molar-refractivity contribution is 6.31. The zero-order valence-electron chi connectivity index (χ0n) is 13.4. The molecule has 0 spiro atoms. The SMILES string of the molecule is CC(C)(C(=O)NCc1ccc(Cl)cc1)C(=O)Nc1cccc(Cl)c1. The van der Waals surface area contributed by atoms with Gasteiger partial charge >= 0.3 is 0 Å². The van der Waals surface area contributed by atoms with Gasteiger partial charge in [0.1, 0.15) is 5.41 Å². The van der Waals surface area contributed by atoms with E-state index < -0.39 is 11.3 Å². The Hall–Kier alpha value is -2.04. The molecule has 0 aliphatic heterocycles. The van der Waals surface area contributed by atoms with Crippen molar-refractivity contribution < 1.29 is 9.59 Å². The minimum absolute atomic E-state index is 0.323. The molecule has 0 atom stereocenters. The normalized spacial score (nSPS) is 11.0. The number of nitrogens with one attached hydrogen (secondary N) is 2. The molecule has 2 aromatic rings. The van der Waals surface area contributed by atoms with Crippen LogP contribution in [0.25, 0.3) is 0 Å². The van der Waals surface area contributed by atoms with E-state index in [1.54, 1.807) is 50.2 Å². The molecule has 0 saturated heterocycles. The summed E-state index contributed by atoms with van der Waals surface area (Å²) < 4.78 is 0. The van der Waals surface area contributed by atoms with Crippen molar-refractivity contribution in [3.05, 3.63) is 64.1 Å². The first-order valence-electron chi connectivity index (χ1n) is 7.39. The van der Waals surface area contributed by atoms with Crippen LogP contribution in [0.1, 0.15) is 19.4 Å². The van der Waals surface area contributed by atoms with Gasteiger partial charge in [0.25, 0.3) is 0 Å². The first-order chi connectivity index (χ1) is 11.3. The maximum atomic E-state index is 12.4. The molecule has 0 aromatic heterocycles. The molecule has 0 radical (unpaired) electrons. The van der Waals surface area contributed by atoms with Crippen LogP contribution >= 0.6 is 23.2 Å². The molecule has 2 N–H and O–H groups in total. The van der Waals surface area contributed by atoms with Crippen LogP contribution in [0.15, 0.2) is 48.5 Å². The summed E-state index contributed by atoms with van der Waals surface area (Å²) >= 11 is 11.7. The van der Waals surface area contributed by atoms with E-state index in [2.05, 4.69) is 10.6 Å². The number of benzene rings is 2. The van der Waals surface area contributed by atoms with Crippen LogP contribution in [0, 0.1) is 5.41 Å². The third kappa shape index (κ3) is 4.73. The van der Waals surface area contributed by atoms with E-state index in [1.165, 1.54) is 0 Å². The average Bonchev–Trinajstić information content (AvgIpc) is 2.54. The number of halogens is 2. The van der Waals surface area contributed by atoms with Gasteiger partial charge in [0, 0.05) is 22.3 Å². The fraction of sp³-hybridized carbons (Fsp3) is 0.222. The van der Waals surface area contributed by atoms with Crippen molar-refractivity contribution in [1.82, 2.24) is 5.32 Å². The Labute approximate surface area is 151 Å². The Morgan fingerprint density at radius 2 is 1.62 bits per heavy atom. The fourth-order valence-corrected chi connectivity index (χ4v) is 2.28. The van der Waals surface area contributed by atoms with Crippen LogP contribution in [0.4, 0.5) is 5.69 Å². The number of rotatable bonds is 5. The molecule has 0 saturated carbocycles. The van der Waals surface area contributed by atoms with Gasteiger partial charge in [0.15, 0.2) is 0 Å². The van der Waals surface area contributed by atoms with Gasteiger partial charge in [0.05, 0.1) is 0 Å². The Morgan fingerprint density at radius 3 is 2.25 bits per heavy atom. The van der Waals surface area contributed by atoms with Crippen LogP contribution in [0.3, 0.4) is 0 Å². The second kappa shape index (κ2) is 7.69. The smallest absolute Gasteiger partial charge is 0.239 e. The van der Waals surface area contributed by atoms with Crippen LogP contribution in [0.5, 0.6) is 0 Å². The quantitative estimate of drug-likeness (QED) is 0.778. The predicted molar refractivity (Wildman–Crippen MR) is 97.2 cm³/mol. The molecule has 2 rings (SSSR count). The first kappa shape index (κ1) is 18.3. The molecular formula is C18H18Cl2N2O2. The lowest BCUT2D eigenvalue weighted by Gasteiger charge is -2.23. The summed E-state index contributed by atoms with van der Waals surface area (Å²) in [4.78, 5) is 24.8. The zero-order chi connectivity index (χ0) is 17.7. The van der Waals surface area contributed by atoms with Gasteiger partial charge in [-0.1, -0.05) is 41.4 Å². The summed E-state index contributed by atoms with van der Waals surface area (Å²) in [6.45, 7) is 3.47. The molecule has 4 nitrogen and oxygen atoms in total. The van der Waals surface area contributed by atoms with E-state index in [4.69, 9.17) is 23.2 Å². The molecule has 0 fully saturated rings. The van der Waals surface area contributed by atoms with Gasteiger partial charge < -0.3 is 10.6 Å². The number of hydrogen-bond donors (Lipinski definition) is 2. The van der Waals surface area contributed by atoms with Gasteiger partial charge in [-0.2, -0.15) is 0 Å². The minimum Gasteiger partial charge on any atom is -0.351 e. The monoisotopic (exact) mass is 364 g/mol. The third-order valence-electron chi connectivity index (χ3n) is 3.58. The molecule has 0 aliphatic rings.